The van der Waals surface area contributed by atoms with Crippen LogP contribution in [0.1, 0.15) is 87.8 Å². The Morgan fingerprint density at radius 3 is 1.88 bits per heavy atom. The molecule has 0 aliphatic heterocycles. The summed E-state index contributed by atoms with van der Waals surface area (Å²) in [5, 5.41) is 0. The highest BCUT2D eigenvalue weighted by Gasteiger charge is 2.29. The third-order valence-corrected chi connectivity index (χ3v) is 5.45. The topological polar surface area (TPSA) is 21.6 Å². The lowest BCUT2D eigenvalue weighted by Gasteiger charge is -2.09. The van der Waals surface area contributed by atoms with E-state index in [1.54, 1.807) is 0 Å². The molecule has 0 radical (unpaired) electrons. The average Bonchev–Trinajstić information content (AvgIpc) is 2.79. The number of halogens is 3. The number of hydrogen-bond acceptors (Lipinski definition) is 2. The van der Waals surface area contributed by atoms with Crippen molar-refractivity contribution < 1.29 is 17.9 Å². The lowest BCUT2D eigenvalue weighted by atomic mass is 10.1. The summed E-state index contributed by atoms with van der Waals surface area (Å²) in [5.74, 6) is 0.678. The first kappa shape index (κ1) is 26.0. The Bertz CT molecular complexity index is 767. The van der Waals surface area contributed by atoms with Gasteiger partial charge in [-0.15, -0.1) is 0 Å². The molecule has 0 heterocycles. The second kappa shape index (κ2) is 14.7. The van der Waals surface area contributed by atoms with Gasteiger partial charge < -0.3 is 4.74 Å². The molecule has 0 fully saturated rings. The number of ether oxygens (including phenoxy) is 1. The van der Waals surface area contributed by atoms with Crippen molar-refractivity contribution in [2.75, 3.05) is 6.54 Å². The lowest BCUT2D eigenvalue weighted by molar-refractivity contribution is -0.137. The SMILES string of the molecule is CCCCCCCCCCCC/N=C/c1ccc(OCc2ccc(C(F)(F)F)cc2)cc1. The summed E-state index contributed by atoms with van der Waals surface area (Å²) in [6.07, 6.45) is 10.8. The van der Waals surface area contributed by atoms with Gasteiger partial charge >= 0.3 is 6.18 Å². The van der Waals surface area contributed by atoms with E-state index in [9.17, 15) is 13.2 Å². The number of unbranched alkanes of at least 4 members (excludes halogenated alkanes) is 9. The van der Waals surface area contributed by atoms with E-state index in [4.69, 9.17) is 4.74 Å². The molecule has 0 unspecified atom stereocenters. The van der Waals surface area contributed by atoms with Crippen LogP contribution in [0.2, 0.25) is 0 Å². The third-order valence-electron chi connectivity index (χ3n) is 5.45. The Morgan fingerprint density at radius 1 is 0.750 bits per heavy atom. The molecule has 32 heavy (non-hydrogen) atoms. The van der Waals surface area contributed by atoms with Gasteiger partial charge in [0.25, 0.3) is 0 Å². The lowest BCUT2D eigenvalue weighted by Crippen LogP contribution is -2.05. The van der Waals surface area contributed by atoms with Crippen molar-refractivity contribution in [2.24, 2.45) is 4.99 Å². The minimum Gasteiger partial charge on any atom is -0.489 e. The highest BCUT2D eigenvalue weighted by atomic mass is 19.4. The second-order valence-corrected chi connectivity index (χ2v) is 8.27. The minimum absolute atomic E-state index is 0.227. The maximum atomic E-state index is 12.6. The quantitative estimate of drug-likeness (QED) is 0.198. The van der Waals surface area contributed by atoms with E-state index in [0.29, 0.717) is 11.3 Å². The van der Waals surface area contributed by atoms with Crippen LogP contribution in [0.5, 0.6) is 5.75 Å². The van der Waals surface area contributed by atoms with Gasteiger partial charge in [0.1, 0.15) is 12.4 Å². The van der Waals surface area contributed by atoms with E-state index in [-0.39, 0.29) is 6.61 Å². The number of hydrogen-bond donors (Lipinski definition) is 0. The number of rotatable bonds is 15. The zero-order valence-electron chi connectivity index (χ0n) is 19.2. The molecule has 0 saturated heterocycles. The van der Waals surface area contributed by atoms with Crippen molar-refractivity contribution in [3.8, 4) is 5.75 Å². The zero-order valence-corrected chi connectivity index (χ0v) is 19.2. The summed E-state index contributed by atoms with van der Waals surface area (Å²) in [4.78, 5) is 4.50. The molecule has 0 bridgehead atoms. The van der Waals surface area contributed by atoms with Crippen molar-refractivity contribution in [1.29, 1.82) is 0 Å². The highest BCUT2D eigenvalue weighted by molar-refractivity contribution is 5.79. The molecule has 176 valence electrons. The molecular formula is C27H36F3NO. The molecule has 2 rings (SSSR count). The van der Waals surface area contributed by atoms with E-state index >= 15 is 0 Å². The molecule has 0 N–H and O–H groups in total. The Labute approximate surface area is 190 Å². The first-order valence-corrected chi connectivity index (χ1v) is 11.9. The molecule has 2 aromatic rings. The van der Waals surface area contributed by atoms with Crippen molar-refractivity contribution in [3.05, 3.63) is 65.2 Å². The fraction of sp³-hybridized carbons (Fsp3) is 0.519. The highest BCUT2D eigenvalue weighted by Crippen LogP contribution is 2.29. The van der Waals surface area contributed by atoms with Crippen molar-refractivity contribution in [1.82, 2.24) is 0 Å². The molecule has 5 heteroatoms. The molecule has 0 spiro atoms. The van der Waals surface area contributed by atoms with Crippen LogP contribution in [0.3, 0.4) is 0 Å². The molecule has 2 nitrogen and oxygen atoms in total. The van der Waals surface area contributed by atoms with Crippen molar-refractivity contribution >= 4 is 6.21 Å². The van der Waals surface area contributed by atoms with Gasteiger partial charge in [-0.25, -0.2) is 0 Å². The maximum absolute atomic E-state index is 12.6. The molecule has 0 aromatic heterocycles. The van der Waals surface area contributed by atoms with Crippen LogP contribution in [0.4, 0.5) is 13.2 Å². The van der Waals surface area contributed by atoms with Gasteiger partial charge in [0.05, 0.1) is 5.56 Å². The van der Waals surface area contributed by atoms with Crippen LogP contribution in [-0.4, -0.2) is 12.8 Å². The molecule has 0 saturated carbocycles. The monoisotopic (exact) mass is 447 g/mol. The third kappa shape index (κ3) is 10.8. The summed E-state index contributed by atoms with van der Waals surface area (Å²) in [5.41, 5.74) is 1.06. The van der Waals surface area contributed by atoms with Crippen LogP contribution >= 0.6 is 0 Å². The summed E-state index contributed by atoms with van der Waals surface area (Å²) in [7, 11) is 0. The van der Waals surface area contributed by atoms with E-state index in [1.165, 1.54) is 69.9 Å². The summed E-state index contributed by atoms with van der Waals surface area (Å²) < 4.78 is 43.5. The Hall–Kier alpha value is -2.30. The molecule has 0 aliphatic rings. The van der Waals surface area contributed by atoms with Gasteiger partial charge in [0, 0.05) is 12.8 Å². The van der Waals surface area contributed by atoms with Gasteiger partial charge in [-0.05, 0) is 53.9 Å². The van der Waals surface area contributed by atoms with Crippen LogP contribution in [0.25, 0.3) is 0 Å². The first-order valence-electron chi connectivity index (χ1n) is 11.9. The Morgan fingerprint density at radius 2 is 1.31 bits per heavy atom. The summed E-state index contributed by atoms with van der Waals surface area (Å²) in [6, 6.07) is 12.6. The normalized spacial score (nSPS) is 11.9. The summed E-state index contributed by atoms with van der Waals surface area (Å²) >= 11 is 0. The van der Waals surface area contributed by atoms with Gasteiger partial charge in [0.2, 0.25) is 0 Å². The van der Waals surface area contributed by atoms with E-state index in [2.05, 4.69) is 11.9 Å². The van der Waals surface area contributed by atoms with Crippen LogP contribution in [0, 0.1) is 0 Å². The number of nitrogens with zero attached hydrogens (tertiary/aromatic N) is 1. The fourth-order valence-corrected chi connectivity index (χ4v) is 3.47. The smallest absolute Gasteiger partial charge is 0.416 e. The predicted octanol–water partition coefficient (Wildman–Crippen LogP) is 8.62. The van der Waals surface area contributed by atoms with Gasteiger partial charge in [-0.3, -0.25) is 4.99 Å². The molecular weight excluding hydrogens is 411 g/mol. The zero-order chi connectivity index (χ0) is 23.1. The predicted molar refractivity (Wildman–Crippen MR) is 127 cm³/mol. The van der Waals surface area contributed by atoms with E-state index < -0.39 is 11.7 Å². The van der Waals surface area contributed by atoms with Gasteiger partial charge in [-0.1, -0.05) is 76.8 Å². The first-order chi connectivity index (χ1) is 15.5. The van der Waals surface area contributed by atoms with Gasteiger partial charge in [0.15, 0.2) is 0 Å². The number of benzene rings is 2. The maximum Gasteiger partial charge on any atom is 0.416 e. The van der Waals surface area contributed by atoms with E-state index in [0.717, 1.165) is 30.7 Å². The number of alkyl halides is 3. The van der Waals surface area contributed by atoms with Crippen LogP contribution in [0.15, 0.2) is 53.5 Å². The molecule has 0 atom stereocenters. The Kier molecular flexibility index (Phi) is 11.9. The van der Waals surface area contributed by atoms with Crippen molar-refractivity contribution in [3.63, 3.8) is 0 Å². The standard InChI is InChI=1S/C27H36F3NO/c1-2-3-4-5-6-7-8-9-10-11-20-31-21-23-14-18-26(19-15-23)32-22-24-12-16-25(17-13-24)27(28,29)30/h12-19,21H,2-11,20,22H2,1H3/b31-21+. The average molecular weight is 448 g/mol. The molecule has 0 aliphatic carbocycles. The number of aliphatic imine (C=N–C) groups is 1. The molecule has 2 aromatic carbocycles. The minimum atomic E-state index is -4.32. The molecule has 0 amide bonds. The van der Waals surface area contributed by atoms with Crippen LogP contribution in [-0.2, 0) is 12.8 Å². The summed E-state index contributed by atoms with van der Waals surface area (Å²) in [6.45, 7) is 3.33. The fourth-order valence-electron chi connectivity index (χ4n) is 3.47. The largest absolute Gasteiger partial charge is 0.489 e. The Balaban J connectivity index is 1.58. The van der Waals surface area contributed by atoms with E-state index in [1.807, 2.05) is 30.5 Å². The van der Waals surface area contributed by atoms with Crippen LogP contribution < -0.4 is 4.74 Å². The van der Waals surface area contributed by atoms with Gasteiger partial charge in [-0.2, -0.15) is 13.2 Å². The van der Waals surface area contributed by atoms with Crippen molar-refractivity contribution in [2.45, 2.75) is 83.9 Å². The second-order valence-electron chi connectivity index (χ2n) is 8.27.